The number of carbonyl (C=O) groups excluding carboxylic acids is 3. The van der Waals surface area contributed by atoms with Crippen molar-refractivity contribution in [1.29, 1.82) is 0 Å². The molecule has 0 spiro atoms. The third-order valence-electron chi connectivity index (χ3n) is 7.12. The first-order valence-corrected chi connectivity index (χ1v) is 11.5. The van der Waals surface area contributed by atoms with Crippen molar-refractivity contribution < 1.29 is 29.1 Å². The molecule has 8 nitrogen and oxygen atoms in total. The largest absolute Gasteiger partial charge is 0.463 e. The number of hydrogen-bond donors (Lipinski definition) is 3. The molecule has 3 unspecified atom stereocenters. The lowest BCUT2D eigenvalue weighted by Crippen LogP contribution is -2.56. The molecule has 3 rings (SSSR count). The van der Waals surface area contributed by atoms with Crippen molar-refractivity contribution in [3.05, 3.63) is 48.0 Å². The van der Waals surface area contributed by atoms with Gasteiger partial charge in [0.25, 0.3) is 5.91 Å². The maximum Gasteiger partial charge on any atom is 0.329 e. The maximum absolute atomic E-state index is 13.7. The van der Waals surface area contributed by atoms with Crippen molar-refractivity contribution in [2.45, 2.75) is 53.2 Å². The number of nitrogens with one attached hydrogen (secondary N) is 2. The molecule has 2 aromatic carbocycles. The van der Waals surface area contributed by atoms with Gasteiger partial charge in [-0.1, -0.05) is 70.2 Å². The Hall–Kier alpha value is -2.97. The number of benzene rings is 2. The van der Waals surface area contributed by atoms with Gasteiger partial charge in [-0.05, 0) is 35.1 Å². The van der Waals surface area contributed by atoms with E-state index in [9.17, 15) is 19.6 Å². The van der Waals surface area contributed by atoms with Gasteiger partial charge in [0.15, 0.2) is 0 Å². The minimum Gasteiger partial charge on any atom is -0.463 e. The molecule has 0 aromatic heterocycles. The molecular weight excluding hydrogens is 436 g/mol. The second kappa shape index (κ2) is 10.1. The molecule has 8 heteroatoms. The van der Waals surface area contributed by atoms with Gasteiger partial charge in [-0.3, -0.25) is 14.8 Å². The number of rotatable bonds is 8. The van der Waals surface area contributed by atoms with E-state index >= 15 is 0 Å². The van der Waals surface area contributed by atoms with Gasteiger partial charge in [0.2, 0.25) is 5.91 Å². The van der Waals surface area contributed by atoms with Gasteiger partial charge in [-0.15, -0.1) is 0 Å². The fourth-order valence-corrected chi connectivity index (χ4v) is 4.43. The Labute approximate surface area is 200 Å². The third kappa shape index (κ3) is 4.93. The molecule has 1 saturated heterocycles. The van der Waals surface area contributed by atoms with Gasteiger partial charge in [0.1, 0.15) is 12.1 Å². The third-order valence-corrected chi connectivity index (χ3v) is 7.12. The molecule has 1 aliphatic rings. The molecule has 1 aliphatic heterocycles. The average molecular weight is 471 g/mol. The summed E-state index contributed by atoms with van der Waals surface area (Å²) in [4.78, 5) is 38.8. The van der Waals surface area contributed by atoms with Gasteiger partial charge in [-0.2, -0.15) is 0 Å². The second-order valence-corrected chi connectivity index (χ2v) is 10.0. The standard InChI is InChI=1S/C26H34N2O6/c1-6-33-20(23(30)28-32)19(14-17-12-9-11-16-10-7-8-13-18(16)17)22(29)27-21-24(31)34-15-26(21,5)25(2,3)4/h7-13,19-21,32H,6,14-15H2,1-5H3,(H,27,29)(H,28,30)/t19?,20?,21-,26?/m1/s1. The van der Waals surface area contributed by atoms with E-state index in [1.54, 1.807) is 12.4 Å². The number of ether oxygens (including phenoxy) is 2. The van der Waals surface area contributed by atoms with Crippen LogP contribution in [0.15, 0.2) is 42.5 Å². The second-order valence-electron chi connectivity index (χ2n) is 10.0. The fraction of sp³-hybridized carbons (Fsp3) is 0.500. The van der Waals surface area contributed by atoms with Crippen LogP contribution in [0.3, 0.4) is 0 Å². The van der Waals surface area contributed by atoms with E-state index in [0.29, 0.717) is 0 Å². The zero-order valence-corrected chi connectivity index (χ0v) is 20.4. The number of hydroxylamine groups is 1. The van der Waals surface area contributed by atoms with E-state index in [1.165, 1.54) is 0 Å². The monoisotopic (exact) mass is 470 g/mol. The van der Waals surface area contributed by atoms with Crippen LogP contribution >= 0.6 is 0 Å². The van der Waals surface area contributed by atoms with Crippen molar-refractivity contribution in [2.75, 3.05) is 13.2 Å². The predicted molar refractivity (Wildman–Crippen MR) is 127 cm³/mol. The number of cyclic esters (lactones) is 1. The molecule has 0 aliphatic carbocycles. The number of fused-ring (bicyclic) bond motifs is 1. The lowest BCUT2D eigenvalue weighted by Gasteiger charge is -2.40. The minimum atomic E-state index is -1.26. The van der Waals surface area contributed by atoms with Gasteiger partial charge in [0.05, 0.1) is 12.5 Å². The molecule has 4 atom stereocenters. The molecule has 2 aromatic rings. The minimum absolute atomic E-state index is 0.155. The quantitative estimate of drug-likeness (QED) is 0.311. The molecule has 34 heavy (non-hydrogen) atoms. The molecule has 0 radical (unpaired) electrons. The van der Waals surface area contributed by atoms with E-state index in [4.69, 9.17) is 9.47 Å². The summed E-state index contributed by atoms with van der Waals surface area (Å²) in [7, 11) is 0. The Bertz CT molecular complexity index is 1060. The van der Waals surface area contributed by atoms with Crippen molar-refractivity contribution in [1.82, 2.24) is 10.8 Å². The van der Waals surface area contributed by atoms with Crippen LogP contribution in [0, 0.1) is 16.7 Å². The normalized spacial score (nSPS) is 22.2. The smallest absolute Gasteiger partial charge is 0.329 e. The molecule has 1 fully saturated rings. The summed E-state index contributed by atoms with van der Waals surface area (Å²) >= 11 is 0. The highest BCUT2D eigenvalue weighted by Crippen LogP contribution is 2.45. The van der Waals surface area contributed by atoms with E-state index < -0.39 is 41.3 Å². The molecule has 0 saturated carbocycles. The Kier molecular flexibility index (Phi) is 7.63. The summed E-state index contributed by atoms with van der Waals surface area (Å²) in [6.07, 6.45) is -1.09. The summed E-state index contributed by atoms with van der Waals surface area (Å²) in [5.74, 6) is -2.85. The average Bonchev–Trinajstić information content (AvgIpc) is 3.10. The van der Waals surface area contributed by atoms with Crippen molar-refractivity contribution in [3.8, 4) is 0 Å². The van der Waals surface area contributed by atoms with Crippen molar-refractivity contribution >= 4 is 28.6 Å². The highest BCUT2D eigenvalue weighted by Gasteiger charge is 2.55. The molecule has 184 valence electrons. The fourth-order valence-electron chi connectivity index (χ4n) is 4.43. The first-order valence-electron chi connectivity index (χ1n) is 11.5. The highest BCUT2D eigenvalue weighted by atomic mass is 16.5. The summed E-state index contributed by atoms with van der Waals surface area (Å²) in [6, 6.07) is 12.6. The van der Waals surface area contributed by atoms with Crippen LogP contribution in [0.5, 0.6) is 0 Å². The Morgan fingerprint density at radius 1 is 1.18 bits per heavy atom. The van der Waals surface area contributed by atoms with Crippen LogP contribution in [-0.2, 0) is 30.3 Å². The summed E-state index contributed by atoms with van der Waals surface area (Å²) in [6.45, 7) is 9.92. The zero-order valence-electron chi connectivity index (χ0n) is 20.4. The predicted octanol–water partition coefficient (Wildman–Crippen LogP) is 3.00. The zero-order chi connectivity index (χ0) is 25.1. The Morgan fingerprint density at radius 3 is 2.50 bits per heavy atom. The number of hydrogen-bond acceptors (Lipinski definition) is 6. The van der Waals surface area contributed by atoms with Crippen molar-refractivity contribution in [3.63, 3.8) is 0 Å². The van der Waals surface area contributed by atoms with Crippen LogP contribution in [0.1, 0.15) is 40.2 Å². The van der Waals surface area contributed by atoms with Gasteiger partial charge < -0.3 is 14.8 Å². The molecule has 1 heterocycles. The topological polar surface area (TPSA) is 114 Å². The summed E-state index contributed by atoms with van der Waals surface area (Å²) < 4.78 is 11.0. The molecular formula is C26H34N2O6. The van der Waals surface area contributed by atoms with Crippen molar-refractivity contribution in [2.24, 2.45) is 16.7 Å². The van der Waals surface area contributed by atoms with E-state index in [2.05, 4.69) is 5.32 Å². The van der Waals surface area contributed by atoms with Crippen LogP contribution < -0.4 is 10.8 Å². The Morgan fingerprint density at radius 2 is 1.85 bits per heavy atom. The first-order chi connectivity index (χ1) is 16.0. The lowest BCUT2D eigenvalue weighted by molar-refractivity contribution is -0.151. The lowest BCUT2D eigenvalue weighted by atomic mass is 9.65. The highest BCUT2D eigenvalue weighted by molar-refractivity contribution is 5.93. The summed E-state index contributed by atoms with van der Waals surface area (Å²) in [5, 5.41) is 14.1. The SMILES string of the molecule is CCOC(C(=O)NO)C(Cc1cccc2ccccc12)C(=O)N[C@@H]1C(=O)OCC1(C)C(C)(C)C. The van der Waals surface area contributed by atoms with Gasteiger partial charge in [0, 0.05) is 12.0 Å². The van der Waals surface area contributed by atoms with Crippen LogP contribution in [0.25, 0.3) is 10.8 Å². The summed E-state index contributed by atoms with van der Waals surface area (Å²) in [5.41, 5.74) is 1.47. The molecule has 0 bridgehead atoms. The number of carbonyl (C=O) groups is 3. The van der Waals surface area contributed by atoms with Crippen LogP contribution in [0.2, 0.25) is 0 Å². The number of esters is 1. The van der Waals surface area contributed by atoms with E-state index in [1.807, 2.05) is 70.2 Å². The Balaban J connectivity index is 2.00. The van der Waals surface area contributed by atoms with E-state index in [0.717, 1.165) is 16.3 Å². The van der Waals surface area contributed by atoms with Gasteiger partial charge >= 0.3 is 5.97 Å². The van der Waals surface area contributed by atoms with Crippen LogP contribution in [-0.4, -0.2) is 48.4 Å². The van der Waals surface area contributed by atoms with Crippen LogP contribution in [0.4, 0.5) is 0 Å². The van der Waals surface area contributed by atoms with E-state index in [-0.39, 0.29) is 25.0 Å². The molecule has 2 amide bonds. The first kappa shape index (κ1) is 25.6. The van der Waals surface area contributed by atoms with Gasteiger partial charge in [-0.25, -0.2) is 10.3 Å². The molecule has 3 N–H and O–H groups in total. The maximum atomic E-state index is 13.7. The number of amides is 2.